The molecule has 1 aliphatic rings. The molecular formula is C16H23Br2NO2. The number of hydrogen-bond acceptors (Lipinski definition) is 3. The lowest BCUT2D eigenvalue weighted by molar-refractivity contribution is 0.0495. The molecule has 1 aliphatic heterocycles. The molecule has 5 heteroatoms. The third-order valence-electron chi connectivity index (χ3n) is 3.58. The van der Waals surface area contributed by atoms with Gasteiger partial charge in [-0.15, -0.1) is 0 Å². The maximum atomic E-state index is 6.02. The fraction of sp³-hybridized carbons (Fsp3) is 0.625. The average molecular weight is 421 g/mol. The molecule has 118 valence electrons. The number of benzene rings is 1. The molecule has 1 aromatic carbocycles. The Morgan fingerprint density at radius 3 is 2.43 bits per heavy atom. The molecule has 0 spiro atoms. The van der Waals surface area contributed by atoms with Gasteiger partial charge in [0, 0.05) is 25.8 Å². The van der Waals surface area contributed by atoms with Gasteiger partial charge in [-0.1, -0.05) is 13.8 Å². The summed E-state index contributed by atoms with van der Waals surface area (Å²) in [5, 5.41) is 3.42. The van der Waals surface area contributed by atoms with Gasteiger partial charge >= 0.3 is 0 Å². The summed E-state index contributed by atoms with van der Waals surface area (Å²) in [6, 6.07) is 4.73. The van der Waals surface area contributed by atoms with E-state index in [4.69, 9.17) is 9.47 Å². The Kier molecular flexibility index (Phi) is 6.99. The lowest BCUT2D eigenvalue weighted by atomic mass is 10.0. The Labute approximate surface area is 144 Å². The van der Waals surface area contributed by atoms with Crippen LogP contribution < -0.4 is 10.1 Å². The first-order valence-electron chi connectivity index (χ1n) is 7.48. The molecule has 1 N–H and O–H groups in total. The van der Waals surface area contributed by atoms with Crippen LogP contribution in [0.1, 0.15) is 32.3 Å². The summed E-state index contributed by atoms with van der Waals surface area (Å²) in [7, 11) is 0. The molecule has 1 aromatic rings. The molecule has 0 aromatic heterocycles. The molecule has 1 fully saturated rings. The fourth-order valence-electron chi connectivity index (χ4n) is 2.29. The second kappa shape index (κ2) is 8.51. The molecular weight excluding hydrogens is 398 g/mol. The highest BCUT2D eigenvalue weighted by Crippen LogP contribution is 2.35. The first kappa shape index (κ1) is 17.3. The minimum Gasteiger partial charge on any atom is -0.491 e. The van der Waals surface area contributed by atoms with Crippen molar-refractivity contribution in [3.8, 4) is 5.75 Å². The Hall–Kier alpha value is -0.100. The quantitative estimate of drug-likeness (QED) is 0.733. The largest absolute Gasteiger partial charge is 0.491 e. The van der Waals surface area contributed by atoms with Crippen molar-refractivity contribution in [2.24, 2.45) is 5.92 Å². The zero-order chi connectivity index (χ0) is 15.2. The van der Waals surface area contributed by atoms with Gasteiger partial charge in [0.25, 0.3) is 0 Å². The highest BCUT2D eigenvalue weighted by molar-refractivity contribution is 9.11. The average Bonchev–Trinajstić information content (AvgIpc) is 2.45. The van der Waals surface area contributed by atoms with Gasteiger partial charge in [-0.3, -0.25) is 0 Å². The van der Waals surface area contributed by atoms with Gasteiger partial charge in [-0.2, -0.15) is 0 Å². The summed E-state index contributed by atoms with van der Waals surface area (Å²) in [5.41, 5.74) is 1.24. The van der Waals surface area contributed by atoms with Crippen molar-refractivity contribution in [3.63, 3.8) is 0 Å². The molecule has 21 heavy (non-hydrogen) atoms. The first-order chi connectivity index (χ1) is 10.1. The number of rotatable bonds is 6. The van der Waals surface area contributed by atoms with Crippen LogP contribution in [0.25, 0.3) is 0 Å². The van der Waals surface area contributed by atoms with Crippen molar-refractivity contribution >= 4 is 31.9 Å². The third-order valence-corrected chi connectivity index (χ3v) is 4.75. The monoisotopic (exact) mass is 419 g/mol. The zero-order valence-electron chi connectivity index (χ0n) is 12.6. The highest BCUT2D eigenvalue weighted by atomic mass is 79.9. The number of ether oxygens (including phenoxy) is 2. The van der Waals surface area contributed by atoms with E-state index in [-0.39, 0.29) is 0 Å². The van der Waals surface area contributed by atoms with Gasteiger partial charge in [0.2, 0.25) is 0 Å². The third kappa shape index (κ3) is 5.55. The summed E-state index contributed by atoms with van der Waals surface area (Å²) >= 11 is 7.25. The fourth-order valence-corrected chi connectivity index (χ4v) is 3.80. The molecule has 0 atom stereocenters. The van der Waals surface area contributed by atoms with E-state index < -0.39 is 0 Å². The van der Waals surface area contributed by atoms with Crippen LogP contribution in [-0.2, 0) is 11.3 Å². The van der Waals surface area contributed by atoms with Gasteiger partial charge in [-0.05, 0) is 68.3 Å². The molecule has 0 aliphatic carbocycles. The van der Waals surface area contributed by atoms with Gasteiger partial charge in [-0.25, -0.2) is 0 Å². The van der Waals surface area contributed by atoms with Crippen molar-refractivity contribution in [2.45, 2.75) is 39.3 Å². The predicted molar refractivity (Wildman–Crippen MR) is 92.9 cm³/mol. The van der Waals surface area contributed by atoms with Crippen LogP contribution in [0.3, 0.4) is 0 Å². The topological polar surface area (TPSA) is 30.5 Å². The maximum Gasteiger partial charge on any atom is 0.147 e. The molecule has 0 bridgehead atoms. The molecule has 0 unspecified atom stereocenters. The van der Waals surface area contributed by atoms with Gasteiger partial charge in [0.05, 0.1) is 15.6 Å². The van der Waals surface area contributed by atoms with Crippen molar-refractivity contribution in [2.75, 3.05) is 19.8 Å². The normalized spacial score (nSPS) is 16.4. The Bertz CT molecular complexity index is 437. The second-order valence-electron chi connectivity index (χ2n) is 5.79. The van der Waals surface area contributed by atoms with E-state index in [0.29, 0.717) is 12.0 Å². The molecule has 2 rings (SSSR count). The van der Waals surface area contributed by atoms with Crippen molar-refractivity contribution in [1.82, 2.24) is 5.32 Å². The zero-order valence-corrected chi connectivity index (χ0v) is 15.8. The van der Waals surface area contributed by atoms with Gasteiger partial charge < -0.3 is 14.8 Å². The van der Waals surface area contributed by atoms with Crippen molar-refractivity contribution in [3.05, 3.63) is 26.6 Å². The van der Waals surface area contributed by atoms with Crippen LogP contribution >= 0.6 is 31.9 Å². The second-order valence-corrected chi connectivity index (χ2v) is 7.50. The Morgan fingerprint density at radius 2 is 1.86 bits per heavy atom. The minimum absolute atomic E-state index is 0.479. The summed E-state index contributed by atoms with van der Waals surface area (Å²) in [5.74, 6) is 1.50. The molecule has 0 radical (unpaired) electrons. The number of halogens is 2. The van der Waals surface area contributed by atoms with Crippen molar-refractivity contribution in [1.29, 1.82) is 0 Å². The first-order valence-corrected chi connectivity index (χ1v) is 9.06. The summed E-state index contributed by atoms with van der Waals surface area (Å²) in [6.07, 6.45) is 2.18. The summed E-state index contributed by atoms with van der Waals surface area (Å²) in [6.45, 7) is 7.62. The lowest BCUT2D eigenvalue weighted by Gasteiger charge is -2.23. The van der Waals surface area contributed by atoms with E-state index in [9.17, 15) is 0 Å². The molecule has 0 amide bonds. The summed E-state index contributed by atoms with van der Waals surface area (Å²) < 4.78 is 13.4. The molecule has 1 heterocycles. The van der Waals surface area contributed by atoms with Crippen LogP contribution in [0.5, 0.6) is 5.75 Å². The van der Waals surface area contributed by atoms with E-state index >= 15 is 0 Å². The summed E-state index contributed by atoms with van der Waals surface area (Å²) in [4.78, 5) is 0. The van der Waals surface area contributed by atoms with Crippen LogP contribution in [-0.4, -0.2) is 25.9 Å². The van der Waals surface area contributed by atoms with E-state index in [2.05, 4.69) is 63.2 Å². The number of nitrogens with one attached hydrogen (secondary N) is 1. The predicted octanol–water partition coefficient (Wildman–Crippen LogP) is 4.52. The Morgan fingerprint density at radius 1 is 1.24 bits per heavy atom. The van der Waals surface area contributed by atoms with Crippen LogP contribution in [0.15, 0.2) is 21.1 Å². The lowest BCUT2D eigenvalue weighted by Crippen LogP contribution is -2.22. The van der Waals surface area contributed by atoms with E-state index in [1.165, 1.54) is 5.56 Å². The van der Waals surface area contributed by atoms with Gasteiger partial charge in [0.15, 0.2) is 0 Å². The van der Waals surface area contributed by atoms with E-state index in [1.807, 2.05) is 0 Å². The smallest absolute Gasteiger partial charge is 0.147 e. The molecule has 1 saturated heterocycles. The minimum atomic E-state index is 0.479. The van der Waals surface area contributed by atoms with Crippen LogP contribution in [0.2, 0.25) is 0 Å². The SMILES string of the molecule is CC(C)NCc1cc(Br)c(OCC2CCOCC2)c(Br)c1. The van der Waals surface area contributed by atoms with Crippen molar-refractivity contribution < 1.29 is 9.47 Å². The van der Waals surface area contributed by atoms with Crippen LogP contribution in [0.4, 0.5) is 0 Å². The van der Waals surface area contributed by atoms with E-state index in [1.54, 1.807) is 0 Å². The van der Waals surface area contributed by atoms with Crippen LogP contribution in [0, 0.1) is 5.92 Å². The Balaban J connectivity index is 1.95. The molecule has 0 saturated carbocycles. The molecule has 3 nitrogen and oxygen atoms in total. The van der Waals surface area contributed by atoms with E-state index in [0.717, 1.165) is 53.9 Å². The highest BCUT2D eigenvalue weighted by Gasteiger charge is 2.16. The van der Waals surface area contributed by atoms with Gasteiger partial charge in [0.1, 0.15) is 5.75 Å². The maximum absolute atomic E-state index is 6.02. The number of hydrogen-bond donors (Lipinski definition) is 1. The standard InChI is InChI=1S/C16H23Br2NO2/c1-11(2)19-9-13-7-14(17)16(15(18)8-13)21-10-12-3-5-20-6-4-12/h7-8,11-12,19H,3-6,9-10H2,1-2H3.